The molecule has 3 atom stereocenters. The molecular weight excluding hydrogens is 268 g/mol. The van der Waals surface area contributed by atoms with Crippen LogP contribution in [0.2, 0.25) is 0 Å². The van der Waals surface area contributed by atoms with Crippen molar-refractivity contribution in [2.24, 2.45) is 17.8 Å². The number of rotatable bonds is 8. The highest BCUT2D eigenvalue weighted by Crippen LogP contribution is 2.22. The van der Waals surface area contributed by atoms with Crippen molar-refractivity contribution in [1.82, 2.24) is 10.2 Å². The van der Waals surface area contributed by atoms with E-state index in [1.54, 1.807) is 0 Å². The molecule has 0 aliphatic carbocycles. The second-order valence-corrected chi connectivity index (χ2v) is 6.91. The van der Waals surface area contributed by atoms with Crippen molar-refractivity contribution in [1.29, 1.82) is 0 Å². The zero-order valence-electron chi connectivity index (χ0n) is 13.8. The quantitative estimate of drug-likeness (QED) is 0.719. The number of likely N-dealkylation sites (tertiary alicyclic amines) is 1. The fourth-order valence-corrected chi connectivity index (χ4v) is 2.95. The smallest absolute Gasteiger partial charge is 0.308 e. The SMILES string of the molecule is CC(C)CCCC(C)NC(=O)CN1C[C@@H](C)[C@H](C(=O)O)C1. The molecule has 1 aliphatic rings. The fraction of sp³-hybridized carbons (Fsp3) is 0.875. The van der Waals surface area contributed by atoms with Crippen molar-refractivity contribution in [3.05, 3.63) is 0 Å². The molecule has 1 aliphatic heterocycles. The van der Waals surface area contributed by atoms with Crippen LogP contribution in [0, 0.1) is 17.8 Å². The van der Waals surface area contributed by atoms with Crippen molar-refractivity contribution >= 4 is 11.9 Å². The van der Waals surface area contributed by atoms with Gasteiger partial charge in [0.05, 0.1) is 12.5 Å². The van der Waals surface area contributed by atoms with Crippen molar-refractivity contribution in [2.45, 2.75) is 53.0 Å². The molecule has 2 N–H and O–H groups in total. The summed E-state index contributed by atoms with van der Waals surface area (Å²) in [5, 5.41) is 12.1. The van der Waals surface area contributed by atoms with Gasteiger partial charge in [0.1, 0.15) is 0 Å². The Bertz CT molecular complexity index is 357. The molecule has 0 aromatic heterocycles. The molecule has 1 unspecified atom stereocenters. The number of hydrogen-bond acceptors (Lipinski definition) is 3. The molecule has 1 saturated heterocycles. The maximum atomic E-state index is 12.0. The molecule has 1 fully saturated rings. The predicted molar refractivity (Wildman–Crippen MR) is 83.0 cm³/mol. The highest BCUT2D eigenvalue weighted by Gasteiger charge is 2.35. The average molecular weight is 298 g/mol. The number of carboxylic acids is 1. The molecule has 1 heterocycles. The molecule has 1 amide bonds. The summed E-state index contributed by atoms with van der Waals surface area (Å²) in [6, 6.07) is 0.187. The van der Waals surface area contributed by atoms with Crippen molar-refractivity contribution in [3.8, 4) is 0 Å². The van der Waals surface area contributed by atoms with E-state index < -0.39 is 5.97 Å². The van der Waals surface area contributed by atoms with Gasteiger partial charge in [-0.05, 0) is 25.2 Å². The van der Waals surface area contributed by atoms with E-state index in [1.807, 2.05) is 18.7 Å². The monoisotopic (exact) mass is 298 g/mol. The third-order valence-corrected chi connectivity index (χ3v) is 4.20. The van der Waals surface area contributed by atoms with Crippen LogP contribution in [0.1, 0.15) is 47.0 Å². The van der Waals surface area contributed by atoms with E-state index >= 15 is 0 Å². The van der Waals surface area contributed by atoms with E-state index in [0.717, 1.165) is 12.8 Å². The Hall–Kier alpha value is -1.10. The minimum absolute atomic E-state index is 0.00489. The van der Waals surface area contributed by atoms with Crippen LogP contribution < -0.4 is 5.32 Å². The van der Waals surface area contributed by atoms with Crippen molar-refractivity contribution in [3.63, 3.8) is 0 Å². The van der Waals surface area contributed by atoms with Gasteiger partial charge in [0, 0.05) is 19.1 Å². The summed E-state index contributed by atoms with van der Waals surface area (Å²) in [4.78, 5) is 25.0. The minimum atomic E-state index is -0.757. The molecule has 122 valence electrons. The lowest BCUT2D eigenvalue weighted by atomic mass is 9.99. The Morgan fingerprint density at radius 2 is 1.90 bits per heavy atom. The Labute approximate surface area is 128 Å². The lowest BCUT2D eigenvalue weighted by Crippen LogP contribution is -2.40. The van der Waals surface area contributed by atoms with Gasteiger partial charge in [-0.25, -0.2) is 0 Å². The van der Waals surface area contributed by atoms with Crippen LogP contribution in [0.4, 0.5) is 0 Å². The van der Waals surface area contributed by atoms with Gasteiger partial charge in [-0.1, -0.05) is 33.6 Å². The topological polar surface area (TPSA) is 69.6 Å². The van der Waals surface area contributed by atoms with E-state index in [-0.39, 0.29) is 23.8 Å². The number of nitrogens with zero attached hydrogens (tertiary/aromatic N) is 1. The van der Waals surface area contributed by atoms with Crippen LogP contribution in [0.5, 0.6) is 0 Å². The first-order valence-electron chi connectivity index (χ1n) is 8.04. The van der Waals surface area contributed by atoms with E-state index in [2.05, 4.69) is 19.2 Å². The predicted octanol–water partition coefficient (Wildman–Crippen LogP) is 1.97. The van der Waals surface area contributed by atoms with Crippen LogP contribution in [0.25, 0.3) is 0 Å². The highest BCUT2D eigenvalue weighted by atomic mass is 16.4. The lowest BCUT2D eigenvalue weighted by molar-refractivity contribution is -0.142. The van der Waals surface area contributed by atoms with Crippen LogP contribution in [-0.2, 0) is 9.59 Å². The van der Waals surface area contributed by atoms with E-state index in [4.69, 9.17) is 5.11 Å². The molecule has 0 aromatic rings. The second-order valence-electron chi connectivity index (χ2n) is 6.91. The second kappa shape index (κ2) is 8.37. The summed E-state index contributed by atoms with van der Waals surface area (Å²) in [5.74, 6) is -0.287. The molecule has 1 rings (SSSR count). The Morgan fingerprint density at radius 3 is 2.43 bits per heavy atom. The Morgan fingerprint density at radius 1 is 1.24 bits per heavy atom. The first kappa shape index (κ1) is 18.0. The van der Waals surface area contributed by atoms with Crippen LogP contribution in [-0.4, -0.2) is 47.6 Å². The van der Waals surface area contributed by atoms with Gasteiger partial charge in [-0.2, -0.15) is 0 Å². The van der Waals surface area contributed by atoms with Crippen molar-refractivity contribution in [2.75, 3.05) is 19.6 Å². The molecule has 5 nitrogen and oxygen atoms in total. The molecule has 0 spiro atoms. The zero-order chi connectivity index (χ0) is 16.0. The Balaban J connectivity index is 2.26. The summed E-state index contributed by atoms with van der Waals surface area (Å²) >= 11 is 0. The van der Waals surface area contributed by atoms with Crippen LogP contribution >= 0.6 is 0 Å². The van der Waals surface area contributed by atoms with Gasteiger partial charge in [-0.15, -0.1) is 0 Å². The van der Waals surface area contributed by atoms with Gasteiger partial charge >= 0.3 is 5.97 Å². The maximum Gasteiger partial charge on any atom is 0.308 e. The van der Waals surface area contributed by atoms with Crippen molar-refractivity contribution < 1.29 is 14.7 Å². The summed E-state index contributed by atoms with van der Waals surface area (Å²) < 4.78 is 0. The number of carboxylic acid groups (broad SMARTS) is 1. The third-order valence-electron chi connectivity index (χ3n) is 4.20. The average Bonchev–Trinajstić information content (AvgIpc) is 2.69. The first-order chi connectivity index (χ1) is 9.79. The van der Waals surface area contributed by atoms with Gasteiger partial charge < -0.3 is 10.4 Å². The lowest BCUT2D eigenvalue weighted by Gasteiger charge is -2.18. The molecule has 5 heteroatoms. The number of carbonyl (C=O) groups excluding carboxylic acids is 1. The fourth-order valence-electron chi connectivity index (χ4n) is 2.95. The molecule has 21 heavy (non-hydrogen) atoms. The largest absolute Gasteiger partial charge is 0.481 e. The molecule has 0 radical (unpaired) electrons. The van der Waals surface area contributed by atoms with Gasteiger partial charge in [0.25, 0.3) is 0 Å². The number of amides is 1. The van der Waals surface area contributed by atoms with Crippen LogP contribution in [0.3, 0.4) is 0 Å². The maximum absolute atomic E-state index is 12.0. The number of carbonyl (C=O) groups is 2. The molecule has 0 bridgehead atoms. The summed E-state index contributed by atoms with van der Waals surface area (Å²) in [5.41, 5.74) is 0. The normalized spacial score (nSPS) is 24.2. The van der Waals surface area contributed by atoms with Gasteiger partial charge in [0.2, 0.25) is 5.91 Å². The zero-order valence-corrected chi connectivity index (χ0v) is 13.8. The number of aliphatic carboxylic acids is 1. The highest BCUT2D eigenvalue weighted by molar-refractivity contribution is 5.78. The number of hydrogen-bond donors (Lipinski definition) is 2. The molecular formula is C16H30N2O3. The van der Waals surface area contributed by atoms with E-state index in [1.165, 1.54) is 6.42 Å². The Kier molecular flexibility index (Phi) is 7.15. The third kappa shape index (κ3) is 6.46. The van der Waals surface area contributed by atoms with Gasteiger partial charge in [0.15, 0.2) is 0 Å². The van der Waals surface area contributed by atoms with Crippen LogP contribution in [0.15, 0.2) is 0 Å². The van der Waals surface area contributed by atoms with Gasteiger partial charge in [-0.3, -0.25) is 14.5 Å². The standard InChI is InChI=1S/C16H30N2O3/c1-11(2)6-5-7-13(4)17-15(19)10-18-8-12(3)14(9-18)16(20)21/h11-14H,5-10H2,1-4H3,(H,17,19)(H,20,21)/t12-,13?,14-/m1/s1. The molecule has 0 aromatic carbocycles. The number of nitrogens with one attached hydrogen (secondary N) is 1. The molecule has 0 saturated carbocycles. The summed E-state index contributed by atoms with van der Waals surface area (Å²) in [6.07, 6.45) is 3.31. The first-order valence-corrected chi connectivity index (χ1v) is 8.04. The van der Waals surface area contributed by atoms with E-state index in [0.29, 0.717) is 25.6 Å². The summed E-state index contributed by atoms with van der Waals surface area (Å²) in [7, 11) is 0. The minimum Gasteiger partial charge on any atom is -0.481 e. The van der Waals surface area contributed by atoms with E-state index in [9.17, 15) is 9.59 Å². The summed E-state index contributed by atoms with van der Waals surface area (Å²) in [6.45, 7) is 9.85.